The average Bonchev–Trinajstić information content (AvgIpc) is 3.40. The number of rotatable bonds is 7. The molecule has 1 heterocycles. The van der Waals surface area contributed by atoms with Crippen LogP contribution in [0.25, 0.3) is 0 Å². The van der Waals surface area contributed by atoms with Gasteiger partial charge in [-0.05, 0) is 46.8 Å². The first-order valence-electron chi connectivity index (χ1n) is 9.49. The summed E-state index contributed by atoms with van der Waals surface area (Å²) in [7, 11) is 0. The van der Waals surface area contributed by atoms with Crippen LogP contribution in [0.2, 0.25) is 0 Å². The van der Waals surface area contributed by atoms with E-state index < -0.39 is 6.04 Å². The minimum atomic E-state index is -0.624. The minimum Gasteiger partial charge on any atom is -0.354 e. The van der Waals surface area contributed by atoms with Gasteiger partial charge >= 0.3 is 0 Å². The van der Waals surface area contributed by atoms with Crippen molar-refractivity contribution in [2.24, 2.45) is 11.8 Å². The third-order valence-corrected chi connectivity index (χ3v) is 5.84. The fraction of sp³-hybridized carbons (Fsp3) is 0.550. The number of hydrogen-bond acceptors (Lipinski definition) is 3. The molecule has 1 aliphatic carbocycles. The highest BCUT2D eigenvalue weighted by Crippen LogP contribution is 2.32. The maximum atomic E-state index is 12.7. The molecule has 3 amide bonds. The SMILES string of the molecule is CC(C)[C@H](NC(=O)c1ccccc1Br)C(=O)NC[C@H]1CC(=O)N(C2CC2)C1. The summed E-state index contributed by atoms with van der Waals surface area (Å²) >= 11 is 3.37. The van der Waals surface area contributed by atoms with Crippen LogP contribution in [-0.4, -0.2) is 47.8 Å². The average molecular weight is 436 g/mol. The van der Waals surface area contributed by atoms with Gasteiger partial charge in [0, 0.05) is 35.9 Å². The highest BCUT2D eigenvalue weighted by molar-refractivity contribution is 9.10. The molecular formula is C20H26BrN3O3. The van der Waals surface area contributed by atoms with Gasteiger partial charge in [-0.2, -0.15) is 0 Å². The maximum absolute atomic E-state index is 12.7. The summed E-state index contributed by atoms with van der Waals surface area (Å²) in [6.07, 6.45) is 2.69. The van der Waals surface area contributed by atoms with E-state index in [0.29, 0.717) is 29.0 Å². The third-order valence-electron chi connectivity index (χ3n) is 5.15. The number of nitrogens with zero attached hydrogens (tertiary/aromatic N) is 1. The Labute approximate surface area is 168 Å². The number of amides is 3. The molecule has 1 aliphatic heterocycles. The van der Waals surface area contributed by atoms with Crippen LogP contribution in [-0.2, 0) is 9.59 Å². The van der Waals surface area contributed by atoms with E-state index in [1.165, 1.54) is 0 Å². The lowest BCUT2D eigenvalue weighted by Gasteiger charge is -2.23. The lowest BCUT2D eigenvalue weighted by Crippen LogP contribution is -2.50. The second-order valence-electron chi connectivity index (χ2n) is 7.77. The Kier molecular flexibility index (Phi) is 6.19. The van der Waals surface area contributed by atoms with Gasteiger partial charge in [0.05, 0.1) is 5.56 Å². The smallest absolute Gasteiger partial charge is 0.253 e. The van der Waals surface area contributed by atoms with Gasteiger partial charge in [0.25, 0.3) is 5.91 Å². The molecule has 2 aliphatic rings. The van der Waals surface area contributed by atoms with Crippen LogP contribution >= 0.6 is 15.9 Å². The van der Waals surface area contributed by atoms with Gasteiger partial charge in [0.15, 0.2) is 0 Å². The topological polar surface area (TPSA) is 78.5 Å². The molecule has 27 heavy (non-hydrogen) atoms. The lowest BCUT2D eigenvalue weighted by atomic mass is 10.0. The molecule has 6 nitrogen and oxygen atoms in total. The van der Waals surface area contributed by atoms with E-state index in [4.69, 9.17) is 0 Å². The molecule has 146 valence electrons. The van der Waals surface area contributed by atoms with Gasteiger partial charge in [-0.25, -0.2) is 0 Å². The van der Waals surface area contributed by atoms with Gasteiger partial charge in [0.1, 0.15) is 6.04 Å². The van der Waals surface area contributed by atoms with Gasteiger partial charge < -0.3 is 15.5 Å². The van der Waals surface area contributed by atoms with Crippen molar-refractivity contribution >= 4 is 33.7 Å². The molecule has 1 aromatic carbocycles. The van der Waals surface area contributed by atoms with Crippen LogP contribution in [0.15, 0.2) is 28.7 Å². The molecule has 1 saturated heterocycles. The van der Waals surface area contributed by atoms with Crippen molar-refractivity contribution in [3.8, 4) is 0 Å². The first-order chi connectivity index (χ1) is 12.9. The predicted molar refractivity (Wildman–Crippen MR) is 106 cm³/mol. The normalized spacial score (nSPS) is 20.7. The zero-order valence-corrected chi connectivity index (χ0v) is 17.3. The summed E-state index contributed by atoms with van der Waals surface area (Å²) in [5.74, 6) is -0.201. The van der Waals surface area contributed by atoms with Crippen LogP contribution in [0.3, 0.4) is 0 Å². The second kappa shape index (κ2) is 8.42. The number of hydrogen-bond donors (Lipinski definition) is 2. The molecule has 0 unspecified atom stereocenters. The second-order valence-corrected chi connectivity index (χ2v) is 8.62. The molecule has 3 rings (SSSR count). The summed E-state index contributed by atoms with van der Waals surface area (Å²) in [4.78, 5) is 39.2. The fourth-order valence-electron chi connectivity index (χ4n) is 3.44. The van der Waals surface area contributed by atoms with Crippen LogP contribution in [0, 0.1) is 11.8 Å². The van der Waals surface area contributed by atoms with Crippen molar-refractivity contribution in [3.05, 3.63) is 34.3 Å². The van der Waals surface area contributed by atoms with E-state index >= 15 is 0 Å². The van der Waals surface area contributed by atoms with Crippen molar-refractivity contribution in [1.82, 2.24) is 15.5 Å². The summed E-state index contributed by atoms with van der Waals surface area (Å²) < 4.78 is 0.690. The number of likely N-dealkylation sites (tertiary alicyclic amines) is 1. The molecule has 2 atom stereocenters. The Bertz CT molecular complexity index is 733. The first-order valence-corrected chi connectivity index (χ1v) is 10.3. The summed E-state index contributed by atoms with van der Waals surface area (Å²) in [5, 5.41) is 5.77. The van der Waals surface area contributed by atoms with Gasteiger partial charge in [-0.1, -0.05) is 26.0 Å². The minimum absolute atomic E-state index is 0.0513. The van der Waals surface area contributed by atoms with Crippen LogP contribution in [0.4, 0.5) is 0 Å². The van der Waals surface area contributed by atoms with Crippen molar-refractivity contribution in [1.29, 1.82) is 0 Å². The Hall–Kier alpha value is -1.89. The standard InChI is InChI=1S/C20H26BrN3O3/c1-12(2)18(23-19(26)15-5-3-4-6-16(15)21)20(27)22-10-13-9-17(25)24(11-13)14-7-8-14/h3-6,12-14,18H,7-11H2,1-2H3,(H,22,27)(H,23,26)/t13-,18+/m1/s1. The summed E-state index contributed by atoms with van der Waals surface area (Å²) in [6.45, 7) is 4.98. The molecule has 0 aromatic heterocycles. The number of nitrogens with one attached hydrogen (secondary N) is 2. The van der Waals surface area contributed by atoms with Crippen molar-refractivity contribution in [2.45, 2.75) is 45.2 Å². The largest absolute Gasteiger partial charge is 0.354 e. The predicted octanol–water partition coefficient (Wildman–Crippen LogP) is 2.33. The number of benzene rings is 1. The van der Waals surface area contributed by atoms with E-state index in [0.717, 1.165) is 19.4 Å². The van der Waals surface area contributed by atoms with Gasteiger partial charge in [0.2, 0.25) is 11.8 Å². The van der Waals surface area contributed by atoms with Crippen molar-refractivity contribution in [3.63, 3.8) is 0 Å². The summed E-state index contributed by atoms with van der Waals surface area (Å²) in [5.41, 5.74) is 0.498. The fourth-order valence-corrected chi connectivity index (χ4v) is 3.90. The van der Waals surface area contributed by atoms with Gasteiger partial charge in [-0.15, -0.1) is 0 Å². The number of carbonyl (C=O) groups is 3. The van der Waals surface area contributed by atoms with E-state index in [1.807, 2.05) is 24.8 Å². The molecule has 2 fully saturated rings. The molecule has 2 N–H and O–H groups in total. The maximum Gasteiger partial charge on any atom is 0.253 e. The quantitative estimate of drug-likeness (QED) is 0.689. The zero-order chi connectivity index (χ0) is 19.6. The van der Waals surface area contributed by atoms with E-state index in [9.17, 15) is 14.4 Å². The zero-order valence-electron chi connectivity index (χ0n) is 15.7. The Morgan fingerprint density at radius 2 is 1.96 bits per heavy atom. The Morgan fingerprint density at radius 1 is 1.26 bits per heavy atom. The van der Waals surface area contributed by atoms with Crippen molar-refractivity contribution < 1.29 is 14.4 Å². The Balaban J connectivity index is 1.55. The van der Waals surface area contributed by atoms with E-state index in [-0.39, 0.29) is 29.6 Å². The molecule has 1 saturated carbocycles. The van der Waals surface area contributed by atoms with Crippen LogP contribution in [0.1, 0.15) is 43.5 Å². The highest BCUT2D eigenvalue weighted by atomic mass is 79.9. The molecule has 0 radical (unpaired) electrons. The first kappa shape index (κ1) is 19.9. The third kappa shape index (κ3) is 4.89. The van der Waals surface area contributed by atoms with Crippen molar-refractivity contribution in [2.75, 3.05) is 13.1 Å². The molecule has 0 bridgehead atoms. The molecule has 7 heteroatoms. The molecular weight excluding hydrogens is 410 g/mol. The van der Waals surface area contributed by atoms with Gasteiger partial charge in [-0.3, -0.25) is 14.4 Å². The summed E-state index contributed by atoms with van der Waals surface area (Å²) in [6, 6.07) is 6.92. The number of halogens is 1. The van der Waals surface area contributed by atoms with E-state index in [2.05, 4.69) is 26.6 Å². The van der Waals surface area contributed by atoms with Crippen LogP contribution in [0.5, 0.6) is 0 Å². The van der Waals surface area contributed by atoms with E-state index in [1.54, 1.807) is 18.2 Å². The molecule has 1 aromatic rings. The number of carbonyl (C=O) groups excluding carboxylic acids is 3. The molecule has 0 spiro atoms. The monoisotopic (exact) mass is 435 g/mol. The highest BCUT2D eigenvalue weighted by Gasteiger charge is 2.39. The Morgan fingerprint density at radius 3 is 2.59 bits per heavy atom. The van der Waals surface area contributed by atoms with Crippen LogP contribution < -0.4 is 10.6 Å². The lowest BCUT2D eigenvalue weighted by molar-refractivity contribution is -0.128.